The first-order valence-corrected chi connectivity index (χ1v) is 13.1. The Kier molecular flexibility index (Phi) is 12.7. The monoisotopic (exact) mass is 504 g/mol. The average Bonchev–Trinajstić information content (AvgIpc) is 2.84. The predicted molar refractivity (Wildman–Crippen MR) is 138 cm³/mol. The normalized spacial score (nSPS) is 12.5. The van der Waals surface area contributed by atoms with Crippen LogP contribution < -0.4 is 14.2 Å². The number of benzene rings is 2. The Bertz CT molecular complexity index is 1100. The highest BCUT2D eigenvalue weighted by atomic mass is 32.2. The highest BCUT2D eigenvalue weighted by Gasteiger charge is 2.21. The fraction of sp³-hybridized carbons (Fsp3) is 0.370. The summed E-state index contributed by atoms with van der Waals surface area (Å²) in [6, 6.07) is 11.4. The zero-order valence-electron chi connectivity index (χ0n) is 21.3. The highest BCUT2D eigenvalue weighted by Crippen LogP contribution is 2.27. The van der Waals surface area contributed by atoms with E-state index in [-0.39, 0.29) is 16.2 Å². The molecule has 0 heterocycles. The number of methoxy groups -OCH3 is 1. The van der Waals surface area contributed by atoms with E-state index in [1.807, 2.05) is 20.8 Å². The third-order valence-electron chi connectivity index (χ3n) is 4.59. The van der Waals surface area contributed by atoms with E-state index in [9.17, 15) is 13.2 Å². The van der Waals surface area contributed by atoms with E-state index in [0.29, 0.717) is 29.4 Å². The molecule has 0 saturated carbocycles. The number of ether oxygens (including phenoxy) is 3. The van der Waals surface area contributed by atoms with Crippen molar-refractivity contribution in [1.29, 1.82) is 0 Å². The molecule has 0 saturated heterocycles. The molecule has 0 aliphatic heterocycles. The predicted octanol–water partition coefficient (Wildman–Crippen LogP) is 5.84. The quantitative estimate of drug-likeness (QED) is 0.363. The molecule has 2 rings (SSSR count). The maximum atomic E-state index is 13.3. The molecule has 0 spiro atoms. The van der Waals surface area contributed by atoms with Crippen LogP contribution in [0, 0.1) is 0 Å². The second-order valence-electron chi connectivity index (χ2n) is 7.28. The SMILES string of the molecule is C/C=C(\C=C/C(C)Oc1ccc(OC)cc1)S(=O)(=O)c1cc(CC(=O)O)cc(OCCC)c1.CC. The first kappa shape index (κ1) is 29.8. The van der Waals surface area contributed by atoms with Crippen LogP contribution in [0.2, 0.25) is 0 Å². The minimum Gasteiger partial charge on any atom is -0.497 e. The summed E-state index contributed by atoms with van der Waals surface area (Å²) in [7, 11) is -2.33. The fourth-order valence-electron chi connectivity index (χ4n) is 2.98. The molecule has 0 fully saturated rings. The van der Waals surface area contributed by atoms with Crippen molar-refractivity contribution >= 4 is 15.8 Å². The van der Waals surface area contributed by atoms with E-state index in [0.717, 1.165) is 6.42 Å². The molecule has 35 heavy (non-hydrogen) atoms. The summed E-state index contributed by atoms with van der Waals surface area (Å²) < 4.78 is 43.1. The lowest BCUT2D eigenvalue weighted by Gasteiger charge is -2.13. The van der Waals surface area contributed by atoms with E-state index in [4.69, 9.17) is 19.3 Å². The zero-order valence-corrected chi connectivity index (χ0v) is 22.1. The molecule has 192 valence electrons. The van der Waals surface area contributed by atoms with Gasteiger partial charge in [0.2, 0.25) is 9.84 Å². The van der Waals surface area contributed by atoms with Gasteiger partial charge < -0.3 is 19.3 Å². The van der Waals surface area contributed by atoms with Crippen LogP contribution in [-0.4, -0.2) is 39.3 Å². The van der Waals surface area contributed by atoms with Crippen LogP contribution in [0.15, 0.2) is 70.5 Å². The van der Waals surface area contributed by atoms with Crippen LogP contribution >= 0.6 is 0 Å². The Labute approximate surface area is 209 Å². The molecule has 0 aliphatic rings. The smallest absolute Gasteiger partial charge is 0.307 e. The van der Waals surface area contributed by atoms with Gasteiger partial charge in [-0.2, -0.15) is 0 Å². The van der Waals surface area contributed by atoms with Gasteiger partial charge in [0, 0.05) is 0 Å². The van der Waals surface area contributed by atoms with Crippen molar-refractivity contribution in [3.8, 4) is 17.2 Å². The van der Waals surface area contributed by atoms with Crippen LogP contribution in [0.25, 0.3) is 0 Å². The summed E-state index contributed by atoms with van der Waals surface area (Å²) in [5.41, 5.74) is 0.352. The summed E-state index contributed by atoms with van der Waals surface area (Å²) in [6.07, 6.45) is 4.65. The Balaban J connectivity index is 0.00000298. The molecule has 2 aromatic carbocycles. The molecule has 8 heteroatoms. The van der Waals surface area contributed by atoms with Gasteiger partial charge in [0.05, 0.1) is 29.9 Å². The second kappa shape index (κ2) is 14.9. The minimum atomic E-state index is -3.91. The number of rotatable bonds is 12. The van der Waals surface area contributed by atoms with Gasteiger partial charge in [0.25, 0.3) is 0 Å². The molecule has 0 bridgehead atoms. The molecule has 0 aromatic heterocycles. The zero-order chi connectivity index (χ0) is 26.4. The van der Waals surface area contributed by atoms with Gasteiger partial charge in [0.1, 0.15) is 23.4 Å². The summed E-state index contributed by atoms with van der Waals surface area (Å²) in [5, 5.41) is 9.14. The molecular weight excluding hydrogens is 468 g/mol. The average molecular weight is 505 g/mol. The number of allylic oxidation sites excluding steroid dienone is 2. The Morgan fingerprint density at radius 3 is 2.23 bits per heavy atom. The van der Waals surface area contributed by atoms with Crippen molar-refractivity contribution in [3.05, 3.63) is 71.2 Å². The first-order chi connectivity index (χ1) is 16.7. The van der Waals surface area contributed by atoms with Gasteiger partial charge in [-0.15, -0.1) is 0 Å². The first-order valence-electron chi connectivity index (χ1n) is 11.6. The highest BCUT2D eigenvalue weighted by molar-refractivity contribution is 7.95. The molecule has 2 aromatic rings. The minimum absolute atomic E-state index is 0.0196. The van der Waals surface area contributed by atoms with Crippen molar-refractivity contribution < 1.29 is 32.5 Å². The van der Waals surface area contributed by atoms with Gasteiger partial charge in [-0.1, -0.05) is 26.8 Å². The van der Waals surface area contributed by atoms with E-state index in [1.165, 1.54) is 24.3 Å². The molecule has 1 N–H and O–H groups in total. The van der Waals surface area contributed by atoms with Crippen molar-refractivity contribution in [3.63, 3.8) is 0 Å². The van der Waals surface area contributed by atoms with Gasteiger partial charge in [-0.25, -0.2) is 8.42 Å². The summed E-state index contributed by atoms with van der Waals surface area (Å²) in [6.45, 7) is 9.75. The number of hydrogen-bond donors (Lipinski definition) is 1. The van der Waals surface area contributed by atoms with Crippen LogP contribution in [0.4, 0.5) is 0 Å². The van der Waals surface area contributed by atoms with Crippen molar-refractivity contribution in [1.82, 2.24) is 0 Å². The molecule has 1 unspecified atom stereocenters. The van der Waals surface area contributed by atoms with Crippen LogP contribution in [0.5, 0.6) is 17.2 Å². The number of aliphatic carboxylic acids is 1. The van der Waals surface area contributed by atoms with Gasteiger partial charge in [-0.3, -0.25) is 4.79 Å². The lowest BCUT2D eigenvalue weighted by molar-refractivity contribution is -0.136. The van der Waals surface area contributed by atoms with Crippen molar-refractivity contribution in [2.24, 2.45) is 0 Å². The number of carboxylic acids is 1. The van der Waals surface area contributed by atoms with Crippen LogP contribution in [0.1, 0.15) is 46.6 Å². The maximum absolute atomic E-state index is 13.3. The number of hydrogen-bond acceptors (Lipinski definition) is 6. The Hall–Kier alpha value is -3.26. The fourth-order valence-corrected chi connectivity index (χ4v) is 4.40. The summed E-state index contributed by atoms with van der Waals surface area (Å²) in [4.78, 5) is 11.2. The van der Waals surface area contributed by atoms with Crippen molar-refractivity contribution in [2.45, 2.75) is 58.5 Å². The van der Waals surface area contributed by atoms with E-state index < -0.39 is 21.9 Å². The molecule has 0 amide bonds. The topological polar surface area (TPSA) is 99.1 Å². The molecule has 0 aliphatic carbocycles. The second-order valence-corrected chi connectivity index (χ2v) is 9.23. The number of carboxylic acid groups (broad SMARTS) is 1. The third-order valence-corrected chi connectivity index (χ3v) is 6.43. The molecule has 0 radical (unpaired) electrons. The van der Waals surface area contributed by atoms with E-state index in [1.54, 1.807) is 57.4 Å². The standard InChI is InChI=1S/C25H30O7S.C2H6/c1-5-13-31-22-14-19(16-25(26)27)15-24(17-22)33(28,29)23(6-2)12-7-18(3)32-21-10-8-20(30-4)9-11-21;1-2/h6-12,14-15,17-18H,5,13,16H2,1-4H3,(H,26,27);1-2H3/b12-7-,23-6+;. The van der Waals surface area contributed by atoms with Crippen LogP contribution in [0.3, 0.4) is 0 Å². The largest absolute Gasteiger partial charge is 0.497 e. The lowest BCUT2D eigenvalue weighted by atomic mass is 10.1. The van der Waals surface area contributed by atoms with E-state index >= 15 is 0 Å². The molecule has 7 nitrogen and oxygen atoms in total. The van der Waals surface area contributed by atoms with Gasteiger partial charge in [0.15, 0.2) is 0 Å². The summed E-state index contributed by atoms with van der Waals surface area (Å²) >= 11 is 0. The molecule has 1 atom stereocenters. The Morgan fingerprint density at radius 2 is 1.69 bits per heavy atom. The molecular formula is C27H36O7S. The number of sulfone groups is 1. The van der Waals surface area contributed by atoms with Gasteiger partial charge >= 0.3 is 5.97 Å². The maximum Gasteiger partial charge on any atom is 0.307 e. The van der Waals surface area contributed by atoms with Crippen molar-refractivity contribution in [2.75, 3.05) is 13.7 Å². The summed E-state index contributed by atoms with van der Waals surface area (Å²) in [5.74, 6) is 0.601. The lowest BCUT2D eigenvalue weighted by Crippen LogP contribution is -2.10. The van der Waals surface area contributed by atoms with Crippen LogP contribution in [-0.2, 0) is 21.1 Å². The number of carbonyl (C=O) groups is 1. The third kappa shape index (κ3) is 9.48. The Morgan fingerprint density at radius 1 is 1.06 bits per heavy atom. The van der Waals surface area contributed by atoms with E-state index in [2.05, 4.69) is 0 Å². The van der Waals surface area contributed by atoms with Gasteiger partial charge in [-0.05, 0) is 80.4 Å².